The number of nitrogens with zero attached hydrogens (tertiary/aromatic N) is 7. The number of hydrogen-bond donors (Lipinski definition) is 2. The molecule has 0 aliphatic carbocycles. The third-order valence-corrected chi connectivity index (χ3v) is 5.02. The number of H-pyrrole nitrogens is 1. The molecule has 2 N–H and O–H groups in total. The van der Waals surface area contributed by atoms with Crippen LogP contribution in [0.15, 0.2) is 53.3 Å². The van der Waals surface area contributed by atoms with Crippen LogP contribution in [-0.4, -0.2) is 40.3 Å². The number of nitro groups is 2. The third-order valence-electron chi connectivity index (χ3n) is 5.02. The fourth-order valence-electron chi connectivity index (χ4n) is 3.61. The Bertz CT molecular complexity index is 1440. The predicted molar refractivity (Wildman–Crippen MR) is 108 cm³/mol. The van der Waals surface area contributed by atoms with Gasteiger partial charge < -0.3 is 5.32 Å². The number of benzene rings is 2. The van der Waals surface area contributed by atoms with Crippen LogP contribution < -0.4 is 10.9 Å². The molecule has 0 fully saturated rings. The van der Waals surface area contributed by atoms with E-state index in [0.29, 0.717) is 16.7 Å². The summed E-state index contributed by atoms with van der Waals surface area (Å²) in [5.74, 6) is 0.183. The van der Waals surface area contributed by atoms with Crippen LogP contribution in [0.3, 0.4) is 0 Å². The summed E-state index contributed by atoms with van der Waals surface area (Å²) in [7, 11) is 0. The number of hydrogen-bond acceptors (Lipinski definition) is 10. The molecule has 1 aliphatic rings. The first kappa shape index (κ1) is 19.0. The molecule has 2 aromatic heterocycles. The fraction of sp³-hybridized carbons (Fsp3) is 0.0556. The minimum absolute atomic E-state index is 0.109. The number of non-ortho nitro benzene ring substituents is 2. The molecular formula is C18H11N9O5. The van der Waals surface area contributed by atoms with E-state index >= 15 is 0 Å². The molecule has 14 nitrogen and oxygen atoms in total. The summed E-state index contributed by atoms with van der Waals surface area (Å²) < 4.78 is 1.41. The normalized spacial score (nSPS) is 14.2. The average molecular weight is 433 g/mol. The van der Waals surface area contributed by atoms with Crippen molar-refractivity contribution in [3.63, 3.8) is 0 Å². The minimum Gasteiger partial charge on any atom is -0.318 e. The molecule has 14 heteroatoms. The van der Waals surface area contributed by atoms with E-state index < -0.39 is 21.4 Å². The molecule has 5 rings (SSSR count). The van der Waals surface area contributed by atoms with Crippen LogP contribution in [0.2, 0.25) is 0 Å². The zero-order valence-electron chi connectivity index (χ0n) is 15.9. The lowest BCUT2D eigenvalue weighted by molar-refractivity contribution is -0.385. The minimum atomic E-state index is -0.777. The number of nitro benzene ring substituents is 2. The summed E-state index contributed by atoms with van der Waals surface area (Å²) >= 11 is 0. The van der Waals surface area contributed by atoms with Gasteiger partial charge in [-0.25, -0.2) is 5.10 Å². The van der Waals surface area contributed by atoms with Crippen molar-refractivity contribution in [2.75, 3.05) is 5.32 Å². The molecule has 158 valence electrons. The highest BCUT2D eigenvalue weighted by atomic mass is 16.6. The lowest BCUT2D eigenvalue weighted by atomic mass is 9.92. The molecule has 0 unspecified atom stereocenters. The maximum atomic E-state index is 12.6. The molecule has 0 amide bonds. The first-order valence-electron chi connectivity index (χ1n) is 9.10. The van der Waals surface area contributed by atoms with Crippen molar-refractivity contribution < 1.29 is 9.85 Å². The number of nitrogens with one attached hydrogen (secondary N) is 2. The largest absolute Gasteiger partial charge is 0.318 e. The molecule has 0 saturated carbocycles. The van der Waals surface area contributed by atoms with Crippen molar-refractivity contribution >= 4 is 23.0 Å². The second-order valence-electron chi connectivity index (χ2n) is 6.82. The van der Waals surface area contributed by atoms with E-state index in [-0.39, 0.29) is 28.7 Å². The highest BCUT2D eigenvalue weighted by Crippen LogP contribution is 2.41. The van der Waals surface area contributed by atoms with Crippen LogP contribution >= 0.6 is 0 Å². The van der Waals surface area contributed by atoms with Crippen LogP contribution in [0.4, 0.5) is 23.0 Å². The Balaban J connectivity index is 1.77. The summed E-state index contributed by atoms with van der Waals surface area (Å²) in [5, 5.41) is 43.2. The van der Waals surface area contributed by atoms with Crippen molar-refractivity contribution in [1.29, 1.82) is 0 Å². The van der Waals surface area contributed by atoms with E-state index in [0.717, 1.165) is 0 Å². The van der Waals surface area contributed by atoms with Gasteiger partial charge in [0.1, 0.15) is 11.7 Å². The van der Waals surface area contributed by atoms with Gasteiger partial charge >= 0.3 is 0 Å². The molecule has 4 aromatic rings. The molecule has 1 aliphatic heterocycles. The van der Waals surface area contributed by atoms with Gasteiger partial charge in [0, 0.05) is 35.4 Å². The molecular weight excluding hydrogens is 422 g/mol. The van der Waals surface area contributed by atoms with Crippen LogP contribution in [0.25, 0.3) is 11.3 Å². The van der Waals surface area contributed by atoms with Gasteiger partial charge in [0.25, 0.3) is 16.9 Å². The number of aromatic amines is 1. The van der Waals surface area contributed by atoms with Crippen molar-refractivity contribution in [2.45, 2.75) is 6.04 Å². The molecule has 2 aromatic carbocycles. The van der Waals surface area contributed by atoms with Gasteiger partial charge in [0.2, 0.25) is 5.95 Å². The lowest BCUT2D eigenvalue weighted by Crippen LogP contribution is -2.29. The zero-order valence-corrected chi connectivity index (χ0v) is 15.9. The zero-order chi connectivity index (χ0) is 22.4. The van der Waals surface area contributed by atoms with E-state index in [2.05, 4.69) is 31.0 Å². The SMILES string of the molecule is O=c1[nH]nc(-c2cccc([N+](=O)[O-])c2)c2c1Nc1nnnn1[C@@H]2c1ccc([N+](=O)[O-])cc1. The van der Waals surface area contributed by atoms with E-state index in [1.807, 2.05) is 0 Å². The molecule has 1 atom stereocenters. The molecule has 0 radical (unpaired) electrons. The first-order valence-corrected chi connectivity index (χ1v) is 9.10. The third kappa shape index (κ3) is 2.94. The molecule has 0 spiro atoms. The lowest BCUT2D eigenvalue weighted by Gasteiger charge is -2.27. The van der Waals surface area contributed by atoms with E-state index in [9.17, 15) is 25.0 Å². The number of aromatic nitrogens is 6. The second-order valence-corrected chi connectivity index (χ2v) is 6.82. The molecule has 0 saturated heterocycles. The molecule has 32 heavy (non-hydrogen) atoms. The van der Waals surface area contributed by atoms with Crippen molar-refractivity contribution in [3.8, 4) is 11.3 Å². The number of fused-ring (bicyclic) bond motifs is 2. The Morgan fingerprint density at radius 2 is 1.75 bits per heavy atom. The van der Waals surface area contributed by atoms with Crippen LogP contribution in [0, 0.1) is 20.2 Å². The van der Waals surface area contributed by atoms with Gasteiger partial charge in [-0.3, -0.25) is 25.0 Å². The number of tetrazole rings is 1. The Morgan fingerprint density at radius 1 is 1.00 bits per heavy atom. The smallest absolute Gasteiger partial charge is 0.288 e. The summed E-state index contributed by atoms with van der Waals surface area (Å²) in [6.07, 6.45) is 0. The van der Waals surface area contributed by atoms with E-state index in [1.54, 1.807) is 6.07 Å². The standard InChI is InChI=1S/C18H11N9O5/c28-17-15-13(14(20-21-17)10-2-1-3-12(8-10)27(31)32)16(25-18(19-15)22-23-24-25)9-4-6-11(7-5-9)26(29)30/h1-8,16H,(H,21,28)(H,19,22,24)/t16-/m1/s1. The van der Waals surface area contributed by atoms with E-state index in [4.69, 9.17) is 0 Å². The van der Waals surface area contributed by atoms with Gasteiger partial charge in [-0.1, -0.05) is 17.2 Å². The number of anilines is 2. The van der Waals surface area contributed by atoms with Crippen LogP contribution in [0.5, 0.6) is 0 Å². The average Bonchev–Trinajstić information content (AvgIpc) is 3.27. The molecule has 0 bridgehead atoms. The van der Waals surface area contributed by atoms with Gasteiger partial charge in [-0.15, -0.1) is 0 Å². The van der Waals surface area contributed by atoms with Crippen LogP contribution in [-0.2, 0) is 0 Å². The first-order chi connectivity index (χ1) is 15.4. The topological polar surface area (TPSA) is 188 Å². The van der Waals surface area contributed by atoms with Crippen molar-refractivity contribution in [1.82, 2.24) is 30.4 Å². The van der Waals surface area contributed by atoms with Gasteiger partial charge in [0.15, 0.2) is 0 Å². The van der Waals surface area contributed by atoms with Gasteiger partial charge in [-0.2, -0.15) is 9.78 Å². The highest BCUT2D eigenvalue weighted by Gasteiger charge is 2.34. The second kappa shape index (κ2) is 7.05. The molecule has 3 heterocycles. The van der Waals surface area contributed by atoms with E-state index in [1.165, 1.54) is 47.1 Å². The quantitative estimate of drug-likeness (QED) is 0.313. The van der Waals surface area contributed by atoms with Crippen molar-refractivity contribution in [2.24, 2.45) is 0 Å². The monoisotopic (exact) mass is 433 g/mol. The van der Waals surface area contributed by atoms with Gasteiger partial charge in [0.05, 0.1) is 15.5 Å². The fourth-order valence-corrected chi connectivity index (χ4v) is 3.61. The Kier molecular flexibility index (Phi) is 4.18. The Hall–Kier alpha value is -5.01. The highest BCUT2D eigenvalue weighted by molar-refractivity contribution is 5.76. The predicted octanol–water partition coefficient (Wildman–Crippen LogP) is 1.93. The number of rotatable bonds is 4. The van der Waals surface area contributed by atoms with Crippen molar-refractivity contribution in [3.05, 3.63) is 90.2 Å². The Morgan fingerprint density at radius 3 is 2.47 bits per heavy atom. The van der Waals surface area contributed by atoms with Crippen LogP contribution in [0.1, 0.15) is 17.2 Å². The summed E-state index contributed by atoms with van der Waals surface area (Å²) in [4.78, 5) is 33.9. The summed E-state index contributed by atoms with van der Waals surface area (Å²) in [6.45, 7) is 0. The summed E-state index contributed by atoms with van der Waals surface area (Å²) in [5.41, 5.74) is 0.874. The maximum absolute atomic E-state index is 12.6. The Labute approximate surface area is 176 Å². The maximum Gasteiger partial charge on any atom is 0.288 e. The van der Waals surface area contributed by atoms with Gasteiger partial charge in [-0.05, 0) is 28.1 Å². The summed E-state index contributed by atoms with van der Waals surface area (Å²) in [6, 6.07) is 10.7.